The van der Waals surface area contributed by atoms with Gasteiger partial charge < -0.3 is 29.3 Å². The van der Waals surface area contributed by atoms with E-state index in [4.69, 9.17) is 9.47 Å². The summed E-state index contributed by atoms with van der Waals surface area (Å²) in [6.07, 6.45) is 8.02. The van der Waals surface area contributed by atoms with Gasteiger partial charge in [0.15, 0.2) is 11.4 Å². The predicted octanol–water partition coefficient (Wildman–Crippen LogP) is 4.76. The lowest BCUT2D eigenvalue weighted by Crippen LogP contribution is -2.40. The molecule has 0 bridgehead atoms. The second-order valence-corrected chi connectivity index (χ2v) is 14.5. The topological polar surface area (TPSA) is 99.5 Å². The van der Waals surface area contributed by atoms with Gasteiger partial charge in [-0.2, -0.15) is 0 Å². The van der Waals surface area contributed by atoms with Crippen LogP contribution in [0.2, 0.25) is 0 Å². The molecule has 6 aliphatic rings. The van der Waals surface area contributed by atoms with Crippen molar-refractivity contribution in [1.82, 2.24) is 0 Å². The molecule has 8 nitrogen and oxygen atoms in total. The molecular formula is C40H37BN2O6. The maximum Gasteiger partial charge on any atom is 0.488 e. The monoisotopic (exact) mass is 652 g/mol. The summed E-state index contributed by atoms with van der Waals surface area (Å²) in [7, 11) is -1.68. The van der Waals surface area contributed by atoms with Gasteiger partial charge in [-0.3, -0.25) is 4.79 Å². The number of Topliss-reactive ketones (excluding diaryl/α,β-unsaturated/α-hetero) is 1. The summed E-state index contributed by atoms with van der Waals surface area (Å²) in [6.45, 7) is 4.18. The van der Waals surface area contributed by atoms with E-state index in [2.05, 4.69) is 21.9 Å². The van der Waals surface area contributed by atoms with Crippen molar-refractivity contribution in [3.05, 3.63) is 110 Å². The van der Waals surface area contributed by atoms with Crippen molar-refractivity contribution < 1.29 is 29.1 Å². The van der Waals surface area contributed by atoms with Crippen molar-refractivity contribution in [2.24, 2.45) is 0 Å². The Hall–Kier alpha value is -4.60. The minimum absolute atomic E-state index is 0.0235. The van der Waals surface area contributed by atoms with Gasteiger partial charge in [0.05, 0.1) is 5.56 Å². The SMILES string of the molecule is O=C(Cc1ccccc1B(O)O)c1ccc2c(c1)C(=O)OC21c2cc3c4c(c2Oc2c1cc1c5c2CCCN5CCC1)CCCN4CCC3. The van der Waals surface area contributed by atoms with Gasteiger partial charge in [0, 0.05) is 77.4 Å². The highest BCUT2D eigenvalue weighted by Crippen LogP contribution is 2.62. The third-order valence-electron chi connectivity index (χ3n) is 11.8. The highest BCUT2D eigenvalue weighted by Gasteiger charge is 2.56. The lowest BCUT2D eigenvalue weighted by atomic mass is 9.72. The molecule has 10 rings (SSSR count). The van der Waals surface area contributed by atoms with E-state index in [-0.39, 0.29) is 12.2 Å². The average Bonchev–Trinajstić information content (AvgIpc) is 3.41. The van der Waals surface area contributed by atoms with Gasteiger partial charge in [-0.05, 0) is 91.7 Å². The van der Waals surface area contributed by atoms with Crippen LogP contribution in [0.25, 0.3) is 0 Å². The van der Waals surface area contributed by atoms with Gasteiger partial charge in [0.2, 0.25) is 0 Å². The molecule has 4 aromatic rings. The van der Waals surface area contributed by atoms with Gasteiger partial charge in [0.25, 0.3) is 0 Å². The molecule has 49 heavy (non-hydrogen) atoms. The Bertz CT molecular complexity index is 2040. The first-order valence-electron chi connectivity index (χ1n) is 17.8. The van der Waals surface area contributed by atoms with E-state index < -0.39 is 18.7 Å². The molecule has 0 fully saturated rings. The number of carbonyl (C=O) groups excluding carboxylic acids is 2. The number of ketones is 1. The van der Waals surface area contributed by atoms with Crippen LogP contribution in [-0.4, -0.2) is 55.1 Å². The molecule has 0 amide bonds. The second kappa shape index (κ2) is 10.7. The van der Waals surface area contributed by atoms with Gasteiger partial charge in [-0.15, -0.1) is 0 Å². The normalized spacial score (nSPS) is 18.9. The Kier molecular flexibility index (Phi) is 6.41. The van der Waals surface area contributed by atoms with Crippen LogP contribution in [0.5, 0.6) is 11.5 Å². The van der Waals surface area contributed by atoms with Crippen LogP contribution in [0.4, 0.5) is 11.4 Å². The molecule has 0 aliphatic carbocycles. The number of fused-ring (bicyclic) bond motifs is 8. The maximum absolute atomic E-state index is 14.2. The third-order valence-corrected chi connectivity index (χ3v) is 11.8. The van der Waals surface area contributed by atoms with E-state index >= 15 is 0 Å². The molecule has 6 aliphatic heterocycles. The minimum Gasteiger partial charge on any atom is -0.456 e. The van der Waals surface area contributed by atoms with Crippen molar-refractivity contribution in [2.75, 3.05) is 36.0 Å². The van der Waals surface area contributed by atoms with Gasteiger partial charge in [0.1, 0.15) is 11.5 Å². The molecule has 6 heterocycles. The van der Waals surface area contributed by atoms with Gasteiger partial charge >= 0.3 is 13.1 Å². The van der Waals surface area contributed by atoms with E-state index in [0.29, 0.717) is 22.2 Å². The number of ether oxygens (including phenoxy) is 2. The molecule has 0 atom stereocenters. The van der Waals surface area contributed by atoms with E-state index in [0.717, 1.165) is 106 Å². The number of rotatable bonds is 4. The number of hydrogen-bond donors (Lipinski definition) is 2. The largest absolute Gasteiger partial charge is 0.488 e. The highest BCUT2D eigenvalue weighted by molar-refractivity contribution is 6.59. The second-order valence-electron chi connectivity index (χ2n) is 14.5. The van der Waals surface area contributed by atoms with E-state index in [9.17, 15) is 19.6 Å². The fourth-order valence-corrected chi connectivity index (χ4v) is 9.73. The Morgan fingerprint density at radius 2 is 1.35 bits per heavy atom. The lowest BCUT2D eigenvalue weighted by Gasteiger charge is -2.45. The number of nitrogens with zero attached hydrogens (tertiary/aromatic N) is 2. The van der Waals surface area contributed by atoms with Crippen LogP contribution in [0.1, 0.15) is 90.9 Å². The molecule has 0 radical (unpaired) electrons. The summed E-state index contributed by atoms with van der Waals surface area (Å²) in [6, 6.07) is 16.7. The number of hydrogen-bond acceptors (Lipinski definition) is 8. The molecule has 4 aromatic carbocycles. The van der Waals surface area contributed by atoms with Gasteiger partial charge in [-0.25, -0.2) is 4.79 Å². The fourth-order valence-electron chi connectivity index (χ4n) is 9.73. The van der Waals surface area contributed by atoms with Crippen LogP contribution in [0, 0.1) is 0 Å². The summed E-state index contributed by atoms with van der Waals surface area (Å²) in [5, 5.41) is 19.8. The van der Waals surface area contributed by atoms with Gasteiger partial charge in [-0.1, -0.05) is 36.4 Å². The van der Waals surface area contributed by atoms with E-state index in [1.165, 1.54) is 33.6 Å². The number of anilines is 2. The first-order chi connectivity index (χ1) is 23.9. The molecule has 246 valence electrons. The van der Waals surface area contributed by atoms with Crippen molar-refractivity contribution in [3.8, 4) is 11.5 Å². The molecule has 1 spiro atoms. The molecule has 9 heteroatoms. The molecule has 0 unspecified atom stereocenters. The van der Waals surface area contributed by atoms with Crippen LogP contribution < -0.4 is 20.0 Å². The average molecular weight is 653 g/mol. The fraction of sp³-hybridized carbons (Fsp3) is 0.350. The Balaban J connectivity index is 1.18. The number of carbonyl (C=O) groups is 2. The number of benzene rings is 4. The van der Waals surface area contributed by atoms with Crippen LogP contribution >= 0.6 is 0 Å². The van der Waals surface area contributed by atoms with Crippen molar-refractivity contribution >= 4 is 35.7 Å². The quantitative estimate of drug-likeness (QED) is 0.185. The summed E-state index contributed by atoms with van der Waals surface area (Å²) in [4.78, 5) is 32.9. The zero-order valence-corrected chi connectivity index (χ0v) is 27.4. The van der Waals surface area contributed by atoms with Crippen LogP contribution in [-0.2, 0) is 42.4 Å². The van der Waals surface area contributed by atoms with Crippen LogP contribution in [0.15, 0.2) is 54.6 Å². The van der Waals surface area contributed by atoms with E-state index in [1.807, 2.05) is 6.07 Å². The summed E-state index contributed by atoms with van der Waals surface area (Å²) in [5.74, 6) is 1.01. The van der Waals surface area contributed by atoms with Crippen molar-refractivity contribution in [2.45, 2.75) is 63.4 Å². The Morgan fingerprint density at radius 1 is 0.755 bits per heavy atom. The summed E-state index contributed by atoms with van der Waals surface area (Å²) in [5.41, 5.74) is 10.6. The number of aryl methyl sites for hydroxylation is 2. The summed E-state index contributed by atoms with van der Waals surface area (Å²) < 4.78 is 13.9. The van der Waals surface area contributed by atoms with Crippen molar-refractivity contribution in [1.29, 1.82) is 0 Å². The standard InChI is InChI=1S/C40H37BN2O6/c44-34(22-23-7-1-2-12-33(23)41(46)47)24-13-14-30-29(19-24)39(45)49-40(30)31-20-25-8-3-15-42-17-5-10-27(35(25)42)37(31)48-38-28-11-6-18-43-16-4-9-26(36(28)43)21-32(38)40/h1-2,7,12-14,19-21,46-47H,3-6,8-11,15-18,22H2. The molecule has 0 saturated carbocycles. The Labute approximate surface area is 285 Å². The zero-order valence-electron chi connectivity index (χ0n) is 27.4. The highest BCUT2D eigenvalue weighted by atomic mass is 16.6. The molecule has 0 saturated heterocycles. The van der Waals surface area contributed by atoms with Crippen LogP contribution in [0.3, 0.4) is 0 Å². The third kappa shape index (κ3) is 4.12. The lowest BCUT2D eigenvalue weighted by molar-refractivity contribution is 0.0222. The number of esters is 1. The first-order valence-corrected chi connectivity index (χ1v) is 17.8. The smallest absolute Gasteiger partial charge is 0.456 e. The molecule has 2 N–H and O–H groups in total. The van der Waals surface area contributed by atoms with Crippen molar-refractivity contribution in [3.63, 3.8) is 0 Å². The molecular weight excluding hydrogens is 615 g/mol. The maximum atomic E-state index is 14.2. The van der Waals surface area contributed by atoms with E-state index in [1.54, 1.807) is 36.4 Å². The first kappa shape index (κ1) is 29.3. The minimum atomic E-state index is -1.68. The summed E-state index contributed by atoms with van der Waals surface area (Å²) >= 11 is 0. The Morgan fingerprint density at radius 3 is 1.96 bits per heavy atom. The zero-order chi connectivity index (χ0) is 33.0. The predicted molar refractivity (Wildman–Crippen MR) is 187 cm³/mol. The molecule has 0 aromatic heterocycles.